The molecule has 2 aromatic rings. The van der Waals surface area contributed by atoms with E-state index in [0.717, 1.165) is 11.4 Å². The van der Waals surface area contributed by atoms with Crippen LogP contribution >= 0.6 is 0 Å². The lowest BCUT2D eigenvalue weighted by Crippen LogP contribution is -2.34. The zero-order valence-corrected chi connectivity index (χ0v) is 17.5. The van der Waals surface area contributed by atoms with E-state index in [1.165, 1.54) is 7.11 Å². The Morgan fingerprint density at radius 2 is 1.90 bits per heavy atom. The fraction of sp³-hybridized carbons (Fsp3) is 0.381. The van der Waals surface area contributed by atoms with E-state index in [1.807, 2.05) is 45.0 Å². The summed E-state index contributed by atoms with van der Waals surface area (Å²) in [5.74, 6) is 1.14. The standard InChI is InChI=1S/C21H28N4O4/c1-14(2)24-20(26)13-29-17-7-6-16(11-18(17)28-5)21(27)23-12-15-8-9-22-19(10-15)25(3)4/h6-11,14H,12-13H2,1-5H3,(H,23,27)(H,24,26). The molecule has 0 fully saturated rings. The quantitative estimate of drug-likeness (QED) is 0.669. The molecule has 0 radical (unpaired) electrons. The Kier molecular flexibility index (Phi) is 7.82. The number of nitrogens with one attached hydrogen (secondary N) is 2. The molecular weight excluding hydrogens is 372 g/mol. The molecule has 0 aliphatic carbocycles. The highest BCUT2D eigenvalue weighted by molar-refractivity contribution is 5.94. The van der Waals surface area contributed by atoms with Crippen LogP contribution in [0, 0.1) is 0 Å². The lowest BCUT2D eigenvalue weighted by molar-refractivity contribution is -0.123. The van der Waals surface area contributed by atoms with Crippen molar-refractivity contribution in [1.82, 2.24) is 15.6 Å². The average molecular weight is 400 g/mol. The molecule has 0 aliphatic heterocycles. The van der Waals surface area contributed by atoms with Gasteiger partial charge in [-0.25, -0.2) is 4.98 Å². The molecule has 0 spiro atoms. The monoisotopic (exact) mass is 400 g/mol. The summed E-state index contributed by atoms with van der Waals surface area (Å²) in [6.07, 6.45) is 1.71. The largest absolute Gasteiger partial charge is 0.493 e. The fourth-order valence-corrected chi connectivity index (χ4v) is 2.53. The molecule has 1 heterocycles. The number of hydrogen-bond acceptors (Lipinski definition) is 6. The minimum atomic E-state index is -0.240. The lowest BCUT2D eigenvalue weighted by Gasteiger charge is -2.14. The van der Waals surface area contributed by atoms with Crippen molar-refractivity contribution in [2.24, 2.45) is 0 Å². The number of carbonyl (C=O) groups is 2. The Hall–Kier alpha value is -3.29. The molecule has 1 aromatic heterocycles. The van der Waals surface area contributed by atoms with Crippen LogP contribution in [0.3, 0.4) is 0 Å². The maximum atomic E-state index is 12.5. The summed E-state index contributed by atoms with van der Waals surface area (Å²) in [5.41, 5.74) is 1.38. The third kappa shape index (κ3) is 6.67. The molecule has 2 N–H and O–H groups in total. The van der Waals surface area contributed by atoms with Crippen molar-refractivity contribution in [3.8, 4) is 11.5 Å². The first-order valence-corrected chi connectivity index (χ1v) is 9.30. The van der Waals surface area contributed by atoms with Crippen molar-refractivity contribution in [1.29, 1.82) is 0 Å². The first-order valence-electron chi connectivity index (χ1n) is 9.30. The molecule has 1 aromatic carbocycles. The molecule has 8 heteroatoms. The van der Waals surface area contributed by atoms with Gasteiger partial charge in [0.1, 0.15) is 5.82 Å². The second-order valence-electron chi connectivity index (χ2n) is 6.98. The van der Waals surface area contributed by atoms with Crippen LogP contribution in [0.25, 0.3) is 0 Å². The van der Waals surface area contributed by atoms with E-state index < -0.39 is 0 Å². The summed E-state index contributed by atoms with van der Waals surface area (Å²) in [4.78, 5) is 30.4. The number of hydrogen-bond donors (Lipinski definition) is 2. The molecule has 0 saturated heterocycles. The second kappa shape index (κ2) is 10.3. The molecule has 8 nitrogen and oxygen atoms in total. The van der Waals surface area contributed by atoms with Gasteiger partial charge in [0.15, 0.2) is 18.1 Å². The van der Waals surface area contributed by atoms with Crippen LogP contribution < -0.4 is 25.0 Å². The number of pyridine rings is 1. The van der Waals surface area contributed by atoms with Gasteiger partial charge in [-0.15, -0.1) is 0 Å². The summed E-state index contributed by atoms with van der Waals surface area (Å²) in [6, 6.07) is 8.64. The van der Waals surface area contributed by atoms with Gasteiger partial charge in [-0.2, -0.15) is 0 Å². The molecule has 0 atom stereocenters. The van der Waals surface area contributed by atoms with Crippen molar-refractivity contribution < 1.29 is 19.1 Å². The van der Waals surface area contributed by atoms with Gasteiger partial charge in [-0.1, -0.05) is 0 Å². The Bertz CT molecular complexity index is 852. The average Bonchev–Trinajstić information content (AvgIpc) is 2.70. The predicted octanol–water partition coefficient (Wildman–Crippen LogP) is 1.99. The number of carbonyl (C=O) groups excluding carboxylic acids is 2. The molecule has 0 saturated carbocycles. The Balaban J connectivity index is 2.00. The van der Waals surface area contributed by atoms with Gasteiger partial charge in [0, 0.05) is 38.4 Å². The van der Waals surface area contributed by atoms with Crippen LogP contribution in [0.15, 0.2) is 36.5 Å². The Labute approximate surface area is 171 Å². The third-order valence-corrected chi connectivity index (χ3v) is 3.96. The van der Waals surface area contributed by atoms with E-state index in [9.17, 15) is 9.59 Å². The van der Waals surface area contributed by atoms with Crippen molar-refractivity contribution in [2.75, 3.05) is 32.7 Å². The first kappa shape index (κ1) is 22.0. The number of aromatic nitrogens is 1. The summed E-state index contributed by atoms with van der Waals surface area (Å²) in [5, 5.41) is 5.63. The number of methoxy groups -OCH3 is 1. The van der Waals surface area contributed by atoms with Crippen LogP contribution in [0.4, 0.5) is 5.82 Å². The smallest absolute Gasteiger partial charge is 0.258 e. The van der Waals surface area contributed by atoms with E-state index >= 15 is 0 Å². The molecule has 0 unspecified atom stereocenters. The van der Waals surface area contributed by atoms with E-state index in [0.29, 0.717) is 23.6 Å². The van der Waals surface area contributed by atoms with Crippen LogP contribution in [-0.2, 0) is 11.3 Å². The molecule has 156 valence electrons. The molecule has 2 amide bonds. The van der Waals surface area contributed by atoms with Crippen molar-refractivity contribution in [3.63, 3.8) is 0 Å². The zero-order valence-electron chi connectivity index (χ0n) is 17.5. The molecule has 2 rings (SSSR count). The molecular formula is C21H28N4O4. The first-order chi connectivity index (χ1) is 13.8. The van der Waals surface area contributed by atoms with Crippen LogP contribution in [0.5, 0.6) is 11.5 Å². The predicted molar refractivity (Wildman–Crippen MR) is 112 cm³/mol. The highest BCUT2D eigenvalue weighted by Gasteiger charge is 2.13. The van der Waals surface area contributed by atoms with Gasteiger partial charge >= 0.3 is 0 Å². The van der Waals surface area contributed by atoms with E-state index in [-0.39, 0.29) is 24.5 Å². The minimum Gasteiger partial charge on any atom is -0.493 e. The van der Waals surface area contributed by atoms with Gasteiger partial charge in [-0.3, -0.25) is 9.59 Å². The van der Waals surface area contributed by atoms with Gasteiger partial charge in [0.2, 0.25) is 0 Å². The summed E-state index contributed by atoms with van der Waals surface area (Å²) >= 11 is 0. The summed E-state index contributed by atoms with van der Waals surface area (Å²) in [6.45, 7) is 3.99. The number of anilines is 1. The minimum absolute atomic E-state index is 0.0354. The van der Waals surface area contributed by atoms with E-state index in [1.54, 1.807) is 24.4 Å². The Morgan fingerprint density at radius 3 is 2.55 bits per heavy atom. The molecule has 0 aliphatic rings. The number of benzene rings is 1. The summed E-state index contributed by atoms with van der Waals surface area (Å²) in [7, 11) is 5.30. The lowest BCUT2D eigenvalue weighted by atomic mass is 10.1. The summed E-state index contributed by atoms with van der Waals surface area (Å²) < 4.78 is 10.8. The number of amides is 2. The van der Waals surface area contributed by atoms with Crippen molar-refractivity contribution in [3.05, 3.63) is 47.7 Å². The van der Waals surface area contributed by atoms with Gasteiger partial charge in [-0.05, 0) is 49.7 Å². The third-order valence-electron chi connectivity index (χ3n) is 3.96. The van der Waals surface area contributed by atoms with Crippen molar-refractivity contribution >= 4 is 17.6 Å². The van der Waals surface area contributed by atoms with Crippen molar-refractivity contribution in [2.45, 2.75) is 26.4 Å². The van der Waals surface area contributed by atoms with Crippen LogP contribution in [0.2, 0.25) is 0 Å². The molecule has 29 heavy (non-hydrogen) atoms. The highest BCUT2D eigenvalue weighted by Crippen LogP contribution is 2.28. The normalized spacial score (nSPS) is 10.4. The maximum absolute atomic E-state index is 12.5. The topological polar surface area (TPSA) is 92.8 Å². The Morgan fingerprint density at radius 1 is 1.14 bits per heavy atom. The van der Waals surface area contributed by atoms with Gasteiger partial charge in [0.25, 0.3) is 11.8 Å². The second-order valence-corrected chi connectivity index (χ2v) is 6.98. The highest BCUT2D eigenvalue weighted by atomic mass is 16.5. The maximum Gasteiger partial charge on any atom is 0.258 e. The number of nitrogens with zero attached hydrogens (tertiary/aromatic N) is 2. The fourth-order valence-electron chi connectivity index (χ4n) is 2.53. The van der Waals surface area contributed by atoms with Gasteiger partial charge < -0.3 is 25.0 Å². The number of ether oxygens (including phenoxy) is 2. The molecule has 0 bridgehead atoms. The SMILES string of the molecule is COc1cc(C(=O)NCc2ccnc(N(C)C)c2)ccc1OCC(=O)NC(C)C. The van der Waals surface area contributed by atoms with Crippen LogP contribution in [-0.4, -0.2) is 50.7 Å². The number of rotatable bonds is 9. The van der Waals surface area contributed by atoms with Gasteiger partial charge in [0.05, 0.1) is 7.11 Å². The van der Waals surface area contributed by atoms with E-state index in [4.69, 9.17) is 9.47 Å². The van der Waals surface area contributed by atoms with E-state index in [2.05, 4.69) is 15.6 Å². The zero-order chi connectivity index (χ0) is 21.4. The van der Waals surface area contributed by atoms with Crippen LogP contribution in [0.1, 0.15) is 29.8 Å².